The van der Waals surface area contributed by atoms with E-state index in [0.29, 0.717) is 11.7 Å². The Morgan fingerprint density at radius 3 is 2.44 bits per heavy atom. The number of aryl methyl sites for hydroxylation is 1. The largest absolute Gasteiger partial charge is 0.484 e. The number of ether oxygens (including phenoxy) is 1. The van der Waals surface area contributed by atoms with Crippen molar-refractivity contribution in [3.8, 4) is 11.4 Å². The van der Waals surface area contributed by atoms with Crippen molar-refractivity contribution in [1.82, 2.24) is 29.7 Å². The van der Waals surface area contributed by atoms with Gasteiger partial charge in [-0.05, 0) is 68.0 Å². The monoisotopic (exact) mass is 575 g/mol. The summed E-state index contributed by atoms with van der Waals surface area (Å²) in [5.74, 6) is 2.93. The fraction of sp³-hybridized carbons (Fsp3) is 0.353. The lowest BCUT2D eigenvalue weighted by atomic mass is 9.85. The van der Waals surface area contributed by atoms with E-state index in [0.717, 1.165) is 65.4 Å². The number of hydrogen-bond donors (Lipinski definition) is 2. The maximum absolute atomic E-state index is 13.4. The fourth-order valence-electron chi connectivity index (χ4n) is 5.80. The lowest BCUT2D eigenvalue weighted by molar-refractivity contribution is 0.171. The van der Waals surface area contributed by atoms with Crippen LogP contribution in [0.15, 0.2) is 72.9 Å². The van der Waals surface area contributed by atoms with Crippen molar-refractivity contribution in [2.24, 2.45) is 0 Å². The third-order valence-electron chi connectivity index (χ3n) is 8.36. The second-order valence-electron chi connectivity index (χ2n) is 12.8. The zero-order valence-electron chi connectivity index (χ0n) is 25.0. The third-order valence-corrected chi connectivity index (χ3v) is 8.36. The van der Waals surface area contributed by atoms with Gasteiger partial charge in [0, 0.05) is 17.4 Å². The van der Waals surface area contributed by atoms with Crippen LogP contribution in [0.1, 0.15) is 92.7 Å². The highest BCUT2D eigenvalue weighted by molar-refractivity contribution is 5.89. The first kappa shape index (κ1) is 27.2. The zero-order chi connectivity index (χ0) is 29.7. The van der Waals surface area contributed by atoms with Crippen molar-refractivity contribution in [3.63, 3.8) is 0 Å². The maximum Gasteiger partial charge on any atom is 0.320 e. The molecule has 2 N–H and O–H groups in total. The Bertz CT molecular complexity index is 1790. The minimum Gasteiger partial charge on any atom is -0.484 e. The van der Waals surface area contributed by atoms with Crippen LogP contribution in [-0.2, 0) is 5.41 Å². The van der Waals surface area contributed by atoms with Crippen LogP contribution in [0.2, 0.25) is 0 Å². The van der Waals surface area contributed by atoms with Crippen LogP contribution in [-0.4, -0.2) is 30.4 Å². The predicted molar refractivity (Wildman–Crippen MR) is 166 cm³/mol. The molecule has 5 aromatic rings. The summed E-state index contributed by atoms with van der Waals surface area (Å²) in [4.78, 5) is 13.4. The minimum absolute atomic E-state index is 0.118. The molecule has 3 heterocycles. The average molecular weight is 576 g/mol. The molecule has 0 aliphatic heterocycles. The number of nitrogens with zero attached hydrogens (tertiary/aromatic N) is 5. The second-order valence-corrected chi connectivity index (χ2v) is 12.8. The first-order chi connectivity index (χ1) is 20.7. The smallest absolute Gasteiger partial charge is 0.320 e. The molecule has 0 spiro atoms. The van der Waals surface area contributed by atoms with Crippen LogP contribution < -0.4 is 15.4 Å². The summed E-state index contributed by atoms with van der Waals surface area (Å²) >= 11 is 0. The molecule has 2 aliphatic carbocycles. The summed E-state index contributed by atoms with van der Waals surface area (Å²) in [6.45, 7) is 8.41. The van der Waals surface area contributed by atoms with E-state index >= 15 is 0 Å². The van der Waals surface area contributed by atoms with Gasteiger partial charge in [-0.25, -0.2) is 9.48 Å². The highest BCUT2D eigenvalue weighted by Crippen LogP contribution is 2.41. The lowest BCUT2D eigenvalue weighted by Crippen LogP contribution is -2.36. The summed E-state index contributed by atoms with van der Waals surface area (Å²) in [5.41, 5.74) is 5.80. The molecule has 220 valence electrons. The van der Waals surface area contributed by atoms with E-state index in [1.54, 1.807) is 4.68 Å². The van der Waals surface area contributed by atoms with Crippen molar-refractivity contribution in [2.75, 3.05) is 5.32 Å². The van der Waals surface area contributed by atoms with E-state index in [9.17, 15) is 4.79 Å². The molecule has 1 saturated carbocycles. The molecule has 2 aliphatic rings. The van der Waals surface area contributed by atoms with E-state index in [1.165, 1.54) is 5.56 Å². The molecule has 2 amide bonds. The Balaban J connectivity index is 1.09. The SMILES string of the molecule is Cc1ccc(-n2nc(C(C)(C)C)cc2NC(=O)NC2CCC(Oc3ccc4nnc(C5CC5)n4c3)c3ccccc32)cc1. The number of pyridine rings is 1. The Morgan fingerprint density at radius 2 is 1.70 bits per heavy atom. The number of urea groups is 1. The molecular weight excluding hydrogens is 538 g/mol. The van der Waals surface area contributed by atoms with Crippen molar-refractivity contribution in [3.05, 3.63) is 101 Å². The molecule has 1 fully saturated rings. The number of fused-ring (bicyclic) bond motifs is 2. The molecule has 0 saturated heterocycles. The summed E-state index contributed by atoms with van der Waals surface area (Å²) in [6, 6.07) is 21.8. The third kappa shape index (κ3) is 5.47. The van der Waals surface area contributed by atoms with Crippen molar-refractivity contribution < 1.29 is 9.53 Å². The van der Waals surface area contributed by atoms with Gasteiger partial charge in [-0.1, -0.05) is 62.7 Å². The predicted octanol–water partition coefficient (Wildman–Crippen LogP) is 7.18. The van der Waals surface area contributed by atoms with Crippen LogP contribution in [0.25, 0.3) is 11.3 Å². The number of anilines is 1. The van der Waals surface area contributed by atoms with Gasteiger partial charge in [0.1, 0.15) is 23.5 Å². The molecule has 2 unspecified atom stereocenters. The molecule has 3 aromatic heterocycles. The van der Waals surface area contributed by atoms with Gasteiger partial charge in [-0.2, -0.15) is 5.10 Å². The minimum atomic E-state index is -0.265. The van der Waals surface area contributed by atoms with Crippen LogP contribution in [0.5, 0.6) is 5.75 Å². The summed E-state index contributed by atoms with van der Waals surface area (Å²) in [7, 11) is 0. The lowest BCUT2D eigenvalue weighted by Gasteiger charge is -2.32. The van der Waals surface area contributed by atoms with Crippen LogP contribution in [0, 0.1) is 6.92 Å². The van der Waals surface area contributed by atoms with Crippen molar-refractivity contribution in [1.29, 1.82) is 0 Å². The molecule has 0 radical (unpaired) electrons. The number of benzene rings is 2. The van der Waals surface area contributed by atoms with Crippen molar-refractivity contribution >= 4 is 17.5 Å². The Labute approximate surface area is 251 Å². The first-order valence-corrected chi connectivity index (χ1v) is 15.1. The Hall–Kier alpha value is -4.66. The highest BCUT2D eigenvalue weighted by atomic mass is 16.5. The summed E-state index contributed by atoms with van der Waals surface area (Å²) in [6.07, 6.45) is 5.74. The molecule has 0 bridgehead atoms. The van der Waals surface area contributed by atoms with E-state index in [2.05, 4.69) is 65.1 Å². The normalized spacial score (nSPS) is 18.3. The van der Waals surface area contributed by atoms with E-state index < -0.39 is 0 Å². The van der Waals surface area contributed by atoms with E-state index in [1.807, 2.05) is 60.8 Å². The Morgan fingerprint density at radius 1 is 0.930 bits per heavy atom. The van der Waals surface area contributed by atoms with Gasteiger partial charge in [0.2, 0.25) is 0 Å². The molecule has 7 rings (SSSR count). The second kappa shape index (κ2) is 10.6. The van der Waals surface area contributed by atoms with Gasteiger partial charge in [-0.3, -0.25) is 9.72 Å². The van der Waals surface area contributed by atoms with Crippen LogP contribution in [0.3, 0.4) is 0 Å². The molecule has 2 atom stereocenters. The number of nitrogens with one attached hydrogen (secondary N) is 2. The average Bonchev–Trinajstić information content (AvgIpc) is 3.60. The first-order valence-electron chi connectivity index (χ1n) is 15.1. The molecule has 2 aromatic carbocycles. The molecular formula is C34H37N7O2. The van der Waals surface area contributed by atoms with Crippen molar-refractivity contribution in [2.45, 2.75) is 76.9 Å². The summed E-state index contributed by atoms with van der Waals surface area (Å²) in [5, 5.41) is 19.9. The summed E-state index contributed by atoms with van der Waals surface area (Å²) < 4.78 is 10.4. The van der Waals surface area contributed by atoms with Gasteiger partial charge in [-0.15, -0.1) is 10.2 Å². The molecule has 43 heavy (non-hydrogen) atoms. The molecule has 9 heteroatoms. The van der Waals surface area contributed by atoms with Crippen LogP contribution in [0.4, 0.5) is 10.6 Å². The number of hydrogen-bond acceptors (Lipinski definition) is 5. The topological polar surface area (TPSA) is 98.4 Å². The van der Waals surface area contributed by atoms with Gasteiger partial charge < -0.3 is 10.1 Å². The number of carbonyl (C=O) groups is 1. The fourth-order valence-corrected chi connectivity index (χ4v) is 5.80. The van der Waals surface area contributed by atoms with Gasteiger partial charge >= 0.3 is 6.03 Å². The van der Waals surface area contributed by atoms with E-state index in [4.69, 9.17) is 9.84 Å². The Kier molecular flexibility index (Phi) is 6.68. The number of aromatic nitrogens is 5. The molecule has 9 nitrogen and oxygen atoms in total. The highest BCUT2D eigenvalue weighted by Gasteiger charge is 2.31. The standard InChI is InChI=1S/C34H37N7O2/c1-21-9-13-23(14-10-21)41-31(19-29(39-41)34(2,3)4)36-33(42)35-27-16-17-28(26-8-6-5-7-25(26)27)43-24-15-18-30-37-38-32(22-11-12-22)40(30)20-24/h5-10,13-15,18-20,22,27-28H,11-12,16-17H2,1-4H3,(H2,35,36,42). The number of amides is 2. The van der Waals surface area contributed by atoms with Gasteiger partial charge in [0.05, 0.1) is 23.6 Å². The van der Waals surface area contributed by atoms with Gasteiger partial charge in [0.25, 0.3) is 0 Å². The quantitative estimate of drug-likeness (QED) is 0.224. The number of rotatable bonds is 6. The maximum atomic E-state index is 13.4. The van der Waals surface area contributed by atoms with Crippen LogP contribution >= 0.6 is 0 Å². The zero-order valence-corrected chi connectivity index (χ0v) is 25.0. The van der Waals surface area contributed by atoms with Gasteiger partial charge in [0.15, 0.2) is 5.65 Å². The number of carbonyl (C=O) groups excluding carboxylic acids is 1. The van der Waals surface area contributed by atoms with E-state index in [-0.39, 0.29) is 23.6 Å².